The molecule has 104 valence electrons. The van der Waals surface area contributed by atoms with Crippen LogP contribution in [0.3, 0.4) is 0 Å². The van der Waals surface area contributed by atoms with Gasteiger partial charge in [0.1, 0.15) is 0 Å². The molecular weight excluding hydrogens is 244 g/mol. The average Bonchev–Trinajstić information content (AvgIpc) is 2.43. The fourth-order valence-electron chi connectivity index (χ4n) is 1.59. The van der Waals surface area contributed by atoms with Gasteiger partial charge in [0.2, 0.25) is 5.91 Å². The highest BCUT2D eigenvalue weighted by Crippen LogP contribution is 2.07. The van der Waals surface area contributed by atoms with Gasteiger partial charge in [-0.15, -0.1) is 0 Å². The van der Waals surface area contributed by atoms with Gasteiger partial charge in [-0.25, -0.2) is 4.79 Å². The molecule has 0 spiro atoms. The maximum atomic E-state index is 11.2. The lowest BCUT2D eigenvalue weighted by Crippen LogP contribution is -2.38. The molecule has 5 nitrogen and oxygen atoms in total. The normalized spacial score (nSPS) is 11.7. The molecule has 0 fully saturated rings. The summed E-state index contributed by atoms with van der Waals surface area (Å²) in [5, 5.41) is 2.75. The summed E-state index contributed by atoms with van der Waals surface area (Å²) < 4.78 is 4.63. The van der Waals surface area contributed by atoms with E-state index in [4.69, 9.17) is 5.73 Å². The van der Waals surface area contributed by atoms with E-state index in [1.165, 1.54) is 7.11 Å². The Hall–Kier alpha value is -1.88. The van der Waals surface area contributed by atoms with Gasteiger partial charge in [-0.1, -0.05) is 12.1 Å². The van der Waals surface area contributed by atoms with Gasteiger partial charge in [-0.05, 0) is 37.5 Å². The van der Waals surface area contributed by atoms with Crippen molar-refractivity contribution < 1.29 is 14.3 Å². The number of carbonyl (C=O) groups excluding carboxylic acids is 2. The second-order valence-electron chi connectivity index (χ2n) is 4.37. The van der Waals surface area contributed by atoms with Crippen LogP contribution in [0, 0.1) is 0 Å². The van der Waals surface area contributed by atoms with E-state index in [0.717, 1.165) is 18.4 Å². The predicted molar refractivity (Wildman–Crippen MR) is 72.8 cm³/mol. The van der Waals surface area contributed by atoms with Crippen LogP contribution in [-0.4, -0.2) is 31.6 Å². The molecule has 0 aliphatic carbocycles. The number of amides is 1. The van der Waals surface area contributed by atoms with Crippen LogP contribution in [0.2, 0.25) is 0 Å². The number of carbonyl (C=O) groups is 2. The van der Waals surface area contributed by atoms with Crippen LogP contribution < -0.4 is 11.1 Å². The molecule has 0 aromatic heterocycles. The van der Waals surface area contributed by atoms with Crippen molar-refractivity contribution in [3.63, 3.8) is 0 Å². The number of hydrogen-bond acceptors (Lipinski definition) is 4. The molecule has 1 rings (SSSR count). The van der Waals surface area contributed by atoms with Gasteiger partial charge in [-0.2, -0.15) is 0 Å². The molecule has 0 aliphatic rings. The average molecular weight is 264 g/mol. The third-order valence-electron chi connectivity index (χ3n) is 2.73. The van der Waals surface area contributed by atoms with Crippen LogP contribution in [-0.2, 0) is 16.0 Å². The minimum absolute atomic E-state index is 0.138. The monoisotopic (exact) mass is 264 g/mol. The summed E-state index contributed by atoms with van der Waals surface area (Å²) in [6.07, 6.45) is 1.66. The Morgan fingerprint density at radius 3 is 2.47 bits per heavy atom. The summed E-state index contributed by atoms with van der Waals surface area (Å²) >= 11 is 0. The molecule has 0 unspecified atom stereocenters. The van der Waals surface area contributed by atoms with Crippen LogP contribution in [0.4, 0.5) is 0 Å². The van der Waals surface area contributed by atoms with Crippen molar-refractivity contribution >= 4 is 11.9 Å². The molecule has 1 aromatic rings. The topological polar surface area (TPSA) is 81.4 Å². The molecule has 19 heavy (non-hydrogen) atoms. The minimum Gasteiger partial charge on any atom is -0.465 e. The van der Waals surface area contributed by atoms with Crippen molar-refractivity contribution in [3.05, 3.63) is 35.4 Å². The van der Waals surface area contributed by atoms with Crippen LogP contribution in [0.25, 0.3) is 0 Å². The largest absolute Gasteiger partial charge is 0.465 e. The zero-order valence-corrected chi connectivity index (χ0v) is 11.3. The molecule has 1 amide bonds. The van der Waals surface area contributed by atoms with E-state index >= 15 is 0 Å². The highest BCUT2D eigenvalue weighted by Gasteiger charge is 2.06. The van der Waals surface area contributed by atoms with Gasteiger partial charge in [0.15, 0.2) is 0 Å². The number of methoxy groups -OCH3 is 1. The highest BCUT2D eigenvalue weighted by atomic mass is 16.5. The Balaban J connectivity index is 2.34. The maximum absolute atomic E-state index is 11.2. The first-order valence-corrected chi connectivity index (χ1v) is 6.25. The summed E-state index contributed by atoms with van der Waals surface area (Å²) in [5.74, 6) is -0.475. The molecule has 0 heterocycles. The Bertz CT molecular complexity index is 427. The molecule has 0 saturated carbocycles. The van der Waals surface area contributed by atoms with Crippen molar-refractivity contribution in [3.8, 4) is 0 Å². The standard InChI is InChI=1S/C14H20N2O3/c1-10(15)13(17)16-9-3-4-11-5-7-12(8-6-11)14(18)19-2/h5-8,10H,3-4,9,15H2,1-2H3,(H,16,17)/t10-/m1/s1. The summed E-state index contributed by atoms with van der Waals surface area (Å²) in [6.45, 7) is 2.25. The van der Waals surface area contributed by atoms with E-state index in [0.29, 0.717) is 12.1 Å². The van der Waals surface area contributed by atoms with E-state index in [1.54, 1.807) is 19.1 Å². The molecule has 0 radical (unpaired) electrons. The molecule has 3 N–H and O–H groups in total. The number of rotatable bonds is 6. The molecule has 1 aromatic carbocycles. The van der Waals surface area contributed by atoms with Crippen molar-refractivity contribution in [2.75, 3.05) is 13.7 Å². The first-order valence-electron chi connectivity index (χ1n) is 6.25. The fraction of sp³-hybridized carbons (Fsp3) is 0.429. The lowest BCUT2D eigenvalue weighted by molar-refractivity contribution is -0.121. The third-order valence-corrected chi connectivity index (χ3v) is 2.73. The molecular formula is C14H20N2O3. The van der Waals surface area contributed by atoms with Crippen molar-refractivity contribution in [1.29, 1.82) is 0 Å². The van der Waals surface area contributed by atoms with E-state index in [9.17, 15) is 9.59 Å². The van der Waals surface area contributed by atoms with Gasteiger partial charge in [0.25, 0.3) is 0 Å². The number of nitrogens with two attached hydrogens (primary N) is 1. The second kappa shape index (κ2) is 7.53. The van der Waals surface area contributed by atoms with Crippen LogP contribution in [0.5, 0.6) is 0 Å². The first-order chi connectivity index (χ1) is 9.04. The number of esters is 1. The molecule has 0 saturated heterocycles. The van der Waals surface area contributed by atoms with Gasteiger partial charge < -0.3 is 15.8 Å². The van der Waals surface area contributed by atoms with Gasteiger partial charge in [0.05, 0.1) is 18.7 Å². The Labute approximate surface area is 113 Å². The van der Waals surface area contributed by atoms with E-state index in [2.05, 4.69) is 10.1 Å². The molecule has 0 aliphatic heterocycles. The zero-order chi connectivity index (χ0) is 14.3. The molecule has 5 heteroatoms. The Kier molecular flexibility index (Phi) is 6.02. The quantitative estimate of drug-likeness (QED) is 0.590. The number of ether oxygens (including phenoxy) is 1. The number of benzene rings is 1. The summed E-state index contributed by atoms with van der Waals surface area (Å²) in [7, 11) is 1.36. The molecule has 1 atom stereocenters. The lowest BCUT2D eigenvalue weighted by Gasteiger charge is -2.07. The van der Waals surface area contributed by atoms with Crippen molar-refractivity contribution in [1.82, 2.24) is 5.32 Å². The Morgan fingerprint density at radius 2 is 1.95 bits per heavy atom. The number of nitrogens with one attached hydrogen (secondary N) is 1. The van der Waals surface area contributed by atoms with E-state index in [1.807, 2.05) is 12.1 Å². The third kappa shape index (κ3) is 5.09. The maximum Gasteiger partial charge on any atom is 0.337 e. The van der Waals surface area contributed by atoms with E-state index < -0.39 is 6.04 Å². The summed E-state index contributed by atoms with van der Waals surface area (Å²) in [5.41, 5.74) is 7.08. The van der Waals surface area contributed by atoms with Gasteiger partial charge in [-0.3, -0.25) is 4.79 Å². The van der Waals surface area contributed by atoms with Crippen molar-refractivity contribution in [2.45, 2.75) is 25.8 Å². The fourth-order valence-corrected chi connectivity index (χ4v) is 1.59. The van der Waals surface area contributed by atoms with E-state index in [-0.39, 0.29) is 11.9 Å². The van der Waals surface area contributed by atoms with Crippen molar-refractivity contribution in [2.24, 2.45) is 5.73 Å². The number of hydrogen-bond donors (Lipinski definition) is 2. The lowest BCUT2D eigenvalue weighted by atomic mass is 10.1. The smallest absolute Gasteiger partial charge is 0.337 e. The highest BCUT2D eigenvalue weighted by molar-refractivity contribution is 5.89. The van der Waals surface area contributed by atoms with Gasteiger partial charge >= 0.3 is 5.97 Å². The number of aryl methyl sites for hydroxylation is 1. The summed E-state index contributed by atoms with van der Waals surface area (Å²) in [4.78, 5) is 22.5. The predicted octanol–water partition coefficient (Wildman–Crippen LogP) is 0.869. The van der Waals surface area contributed by atoms with Gasteiger partial charge in [0, 0.05) is 6.54 Å². The summed E-state index contributed by atoms with van der Waals surface area (Å²) in [6, 6.07) is 6.78. The minimum atomic E-state index is -0.473. The second-order valence-corrected chi connectivity index (χ2v) is 4.37. The SMILES string of the molecule is COC(=O)c1ccc(CCCNC(=O)[C@@H](C)N)cc1. The molecule has 0 bridgehead atoms. The van der Waals surface area contributed by atoms with Crippen LogP contribution in [0.15, 0.2) is 24.3 Å². The zero-order valence-electron chi connectivity index (χ0n) is 11.3. The van der Waals surface area contributed by atoms with Crippen LogP contribution in [0.1, 0.15) is 29.3 Å². The first kappa shape index (κ1) is 15.2. The Morgan fingerprint density at radius 1 is 1.32 bits per heavy atom. The van der Waals surface area contributed by atoms with Crippen LogP contribution >= 0.6 is 0 Å².